The molecule has 1 aromatic carbocycles. The summed E-state index contributed by atoms with van der Waals surface area (Å²) in [5.74, 6) is 0.463. The van der Waals surface area contributed by atoms with Gasteiger partial charge in [0.15, 0.2) is 0 Å². The standard InChI is InChI=1S/C19H25N3O/c1-13(2)14(3)22-18(23)19(4,5)17-8-6-15(7-9-17)16-10-20-12-21-11-16/h6-14H,1-5H3,(H,22,23)/t14-/m1/s1. The van der Waals surface area contributed by atoms with Crippen molar-refractivity contribution in [2.75, 3.05) is 0 Å². The lowest BCUT2D eigenvalue weighted by Gasteiger charge is -2.28. The van der Waals surface area contributed by atoms with Gasteiger partial charge >= 0.3 is 0 Å². The van der Waals surface area contributed by atoms with E-state index in [1.165, 1.54) is 6.33 Å². The zero-order valence-electron chi connectivity index (χ0n) is 14.5. The van der Waals surface area contributed by atoms with Crippen LogP contribution in [0.3, 0.4) is 0 Å². The SMILES string of the molecule is CC(C)[C@@H](C)NC(=O)C(C)(C)c1ccc(-c2cncnc2)cc1. The Hall–Kier alpha value is -2.23. The van der Waals surface area contributed by atoms with Crippen molar-refractivity contribution in [2.24, 2.45) is 5.92 Å². The topological polar surface area (TPSA) is 54.9 Å². The molecule has 2 aromatic rings. The van der Waals surface area contributed by atoms with Crippen molar-refractivity contribution in [1.82, 2.24) is 15.3 Å². The Morgan fingerprint density at radius 2 is 1.57 bits per heavy atom. The highest BCUT2D eigenvalue weighted by atomic mass is 16.2. The highest BCUT2D eigenvalue weighted by Crippen LogP contribution is 2.27. The van der Waals surface area contributed by atoms with E-state index < -0.39 is 5.41 Å². The van der Waals surface area contributed by atoms with Crippen LogP contribution in [0.15, 0.2) is 43.0 Å². The van der Waals surface area contributed by atoms with Gasteiger partial charge < -0.3 is 5.32 Å². The number of nitrogens with one attached hydrogen (secondary N) is 1. The Morgan fingerprint density at radius 3 is 2.09 bits per heavy atom. The minimum Gasteiger partial charge on any atom is -0.353 e. The molecule has 4 heteroatoms. The molecule has 1 aromatic heterocycles. The van der Waals surface area contributed by atoms with E-state index in [4.69, 9.17) is 0 Å². The molecule has 0 radical (unpaired) electrons. The van der Waals surface area contributed by atoms with Crippen molar-refractivity contribution in [1.29, 1.82) is 0 Å². The average Bonchev–Trinajstić information content (AvgIpc) is 2.55. The van der Waals surface area contributed by atoms with Gasteiger partial charge in [0.05, 0.1) is 5.41 Å². The van der Waals surface area contributed by atoms with Crippen LogP contribution in [0.1, 0.15) is 40.2 Å². The molecule has 0 fully saturated rings. The first-order valence-electron chi connectivity index (χ1n) is 7.99. The molecule has 122 valence electrons. The molecule has 0 saturated heterocycles. The number of carbonyl (C=O) groups is 1. The number of hydrogen-bond acceptors (Lipinski definition) is 3. The first-order valence-corrected chi connectivity index (χ1v) is 7.99. The summed E-state index contributed by atoms with van der Waals surface area (Å²) in [6.45, 7) is 10.2. The summed E-state index contributed by atoms with van der Waals surface area (Å²) in [6, 6.07) is 8.18. The van der Waals surface area contributed by atoms with Crippen molar-refractivity contribution in [3.05, 3.63) is 48.5 Å². The molecule has 2 rings (SSSR count). The van der Waals surface area contributed by atoms with Crippen LogP contribution in [0.5, 0.6) is 0 Å². The number of nitrogens with zero attached hydrogens (tertiary/aromatic N) is 2. The number of hydrogen-bond donors (Lipinski definition) is 1. The molecule has 0 aliphatic rings. The van der Waals surface area contributed by atoms with Crippen LogP contribution in [0.2, 0.25) is 0 Å². The van der Waals surface area contributed by atoms with E-state index in [9.17, 15) is 4.79 Å². The summed E-state index contributed by atoms with van der Waals surface area (Å²) < 4.78 is 0. The van der Waals surface area contributed by atoms with Crippen LogP contribution < -0.4 is 5.32 Å². The van der Waals surface area contributed by atoms with Gasteiger partial charge in [-0.3, -0.25) is 4.79 Å². The lowest BCUT2D eigenvalue weighted by molar-refractivity contribution is -0.126. The first-order chi connectivity index (χ1) is 10.8. The molecule has 23 heavy (non-hydrogen) atoms. The molecule has 1 N–H and O–H groups in total. The van der Waals surface area contributed by atoms with Crippen LogP contribution >= 0.6 is 0 Å². The first kappa shape index (κ1) is 17.1. The Kier molecular flexibility index (Phi) is 5.14. The molecule has 0 aliphatic heterocycles. The fourth-order valence-corrected chi connectivity index (χ4v) is 2.21. The van der Waals surface area contributed by atoms with Crippen molar-refractivity contribution < 1.29 is 4.79 Å². The fraction of sp³-hybridized carbons (Fsp3) is 0.421. The van der Waals surface area contributed by atoms with Crippen LogP contribution in [0.25, 0.3) is 11.1 Å². The normalized spacial score (nSPS) is 13.0. The largest absolute Gasteiger partial charge is 0.353 e. The molecule has 0 spiro atoms. The number of benzene rings is 1. The Labute approximate surface area is 138 Å². The van der Waals surface area contributed by atoms with E-state index in [0.29, 0.717) is 5.92 Å². The van der Waals surface area contributed by atoms with E-state index in [1.54, 1.807) is 12.4 Å². The lowest BCUT2D eigenvalue weighted by Crippen LogP contribution is -2.45. The molecule has 0 aliphatic carbocycles. The zero-order chi connectivity index (χ0) is 17.0. The highest BCUT2D eigenvalue weighted by molar-refractivity contribution is 5.87. The number of aromatic nitrogens is 2. The van der Waals surface area contributed by atoms with E-state index in [1.807, 2.05) is 45.0 Å². The number of rotatable bonds is 5. The molecule has 0 saturated carbocycles. The smallest absolute Gasteiger partial charge is 0.230 e. The van der Waals surface area contributed by atoms with Crippen LogP contribution in [-0.4, -0.2) is 21.9 Å². The van der Waals surface area contributed by atoms with E-state index in [-0.39, 0.29) is 11.9 Å². The average molecular weight is 311 g/mol. The lowest BCUT2D eigenvalue weighted by atomic mass is 9.82. The molecule has 1 heterocycles. The van der Waals surface area contributed by atoms with Crippen LogP contribution in [0.4, 0.5) is 0 Å². The maximum Gasteiger partial charge on any atom is 0.230 e. The number of carbonyl (C=O) groups excluding carboxylic acids is 1. The second kappa shape index (κ2) is 6.90. The molecule has 1 amide bonds. The third kappa shape index (κ3) is 3.95. The van der Waals surface area contributed by atoms with Gasteiger partial charge in [-0.05, 0) is 37.8 Å². The minimum atomic E-state index is -0.575. The molecule has 0 bridgehead atoms. The third-order valence-electron chi connectivity index (χ3n) is 4.43. The van der Waals surface area contributed by atoms with E-state index in [0.717, 1.165) is 16.7 Å². The third-order valence-corrected chi connectivity index (χ3v) is 4.43. The van der Waals surface area contributed by atoms with Gasteiger partial charge in [0.25, 0.3) is 0 Å². The van der Waals surface area contributed by atoms with Gasteiger partial charge in [-0.2, -0.15) is 0 Å². The van der Waals surface area contributed by atoms with Gasteiger partial charge in [-0.15, -0.1) is 0 Å². The maximum atomic E-state index is 12.6. The summed E-state index contributed by atoms with van der Waals surface area (Å²) in [5, 5.41) is 3.11. The highest BCUT2D eigenvalue weighted by Gasteiger charge is 2.30. The van der Waals surface area contributed by atoms with Crippen molar-refractivity contribution in [3.8, 4) is 11.1 Å². The predicted octanol–water partition coefficient (Wildman–Crippen LogP) is 3.58. The van der Waals surface area contributed by atoms with Gasteiger partial charge in [-0.25, -0.2) is 9.97 Å². The van der Waals surface area contributed by atoms with E-state index >= 15 is 0 Å². The molecular formula is C19H25N3O. The molecule has 0 unspecified atom stereocenters. The van der Waals surface area contributed by atoms with Crippen LogP contribution in [0, 0.1) is 5.92 Å². The van der Waals surface area contributed by atoms with Crippen molar-refractivity contribution in [2.45, 2.75) is 46.1 Å². The monoisotopic (exact) mass is 311 g/mol. The van der Waals surface area contributed by atoms with Crippen LogP contribution in [-0.2, 0) is 10.2 Å². The summed E-state index contributed by atoms with van der Waals surface area (Å²) >= 11 is 0. The zero-order valence-corrected chi connectivity index (χ0v) is 14.5. The number of amides is 1. The Bertz CT molecular complexity index is 648. The molecule has 1 atom stereocenters. The van der Waals surface area contributed by atoms with Gasteiger partial charge in [-0.1, -0.05) is 38.1 Å². The summed E-state index contributed by atoms with van der Waals surface area (Å²) in [5.41, 5.74) is 2.43. The summed E-state index contributed by atoms with van der Waals surface area (Å²) in [7, 11) is 0. The van der Waals surface area contributed by atoms with Gasteiger partial charge in [0, 0.05) is 24.0 Å². The molecular weight excluding hydrogens is 286 g/mol. The van der Waals surface area contributed by atoms with E-state index in [2.05, 4.69) is 29.1 Å². The maximum absolute atomic E-state index is 12.6. The Morgan fingerprint density at radius 1 is 1.00 bits per heavy atom. The second-order valence-electron chi connectivity index (χ2n) is 6.84. The van der Waals surface area contributed by atoms with Gasteiger partial charge in [0.1, 0.15) is 6.33 Å². The summed E-state index contributed by atoms with van der Waals surface area (Å²) in [6.07, 6.45) is 5.08. The quantitative estimate of drug-likeness (QED) is 0.918. The predicted molar refractivity (Wildman–Crippen MR) is 92.9 cm³/mol. The molecule has 4 nitrogen and oxygen atoms in total. The summed E-state index contributed by atoms with van der Waals surface area (Å²) in [4.78, 5) is 20.7. The minimum absolute atomic E-state index is 0.0505. The fourth-order valence-electron chi connectivity index (χ4n) is 2.21. The van der Waals surface area contributed by atoms with Gasteiger partial charge in [0.2, 0.25) is 5.91 Å². The van der Waals surface area contributed by atoms with Crippen molar-refractivity contribution >= 4 is 5.91 Å². The Balaban J connectivity index is 2.18. The van der Waals surface area contributed by atoms with Crippen molar-refractivity contribution in [3.63, 3.8) is 0 Å². The second-order valence-corrected chi connectivity index (χ2v) is 6.84.